The summed E-state index contributed by atoms with van der Waals surface area (Å²) in [5, 5.41) is 0. The van der Waals surface area contributed by atoms with E-state index in [-0.39, 0.29) is 0 Å². The van der Waals surface area contributed by atoms with Gasteiger partial charge in [-0.2, -0.15) is 0 Å². The third kappa shape index (κ3) is 2.94. The van der Waals surface area contributed by atoms with Gasteiger partial charge in [-0.05, 0) is 25.7 Å². The van der Waals surface area contributed by atoms with E-state index < -0.39 is 0 Å². The molecule has 5 heteroatoms. The van der Waals surface area contributed by atoms with E-state index in [0.29, 0.717) is 24.0 Å². The molecule has 1 aliphatic heterocycles. The molecule has 122 valence electrons. The van der Waals surface area contributed by atoms with Gasteiger partial charge in [-0.15, -0.1) is 0 Å². The highest BCUT2D eigenvalue weighted by Crippen LogP contribution is 2.40. The van der Waals surface area contributed by atoms with Crippen LogP contribution in [-0.2, 0) is 16.0 Å². The van der Waals surface area contributed by atoms with Crippen molar-refractivity contribution < 1.29 is 13.9 Å². The quantitative estimate of drug-likeness (QED) is 0.837. The van der Waals surface area contributed by atoms with Gasteiger partial charge in [0, 0.05) is 31.5 Å². The van der Waals surface area contributed by atoms with Gasteiger partial charge in [-0.3, -0.25) is 4.90 Å². The van der Waals surface area contributed by atoms with Crippen LogP contribution in [0.25, 0.3) is 0 Å². The highest BCUT2D eigenvalue weighted by molar-refractivity contribution is 5.08. The Morgan fingerprint density at radius 3 is 3.05 bits per heavy atom. The summed E-state index contributed by atoms with van der Waals surface area (Å²) in [6.45, 7) is 3.37. The van der Waals surface area contributed by atoms with Gasteiger partial charge in [0.25, 0.3) is 0 Å². The highest BCUT2D eigenvalue weighted by atomic mass is 16.5. The van der Waals surface area contributed by atoms with Crippen molar-refractivity contribution in [1.82, 2.24) is 9.88 Å². The fraction of sp³-hybridized carbons (Fsp3) is 0.824. The van der Waals surface area contributed by atoms with E-state index in [4.69, 9.17) is 13.9 Å². The predicted octanol–water partition coefficient (Wildman–Crippen LogP) is 2.57. The predicted molar refractivity (Wildman–Crippen MR) is 81.6 cm³/mol. The van der Waals surface area contributed by atoms with Crippen LogP contribution in [-0.4, -0.2) is 48.9 Å². The number of ether oxygens (including phenoxy) is 2. The Morgan fingerprint density at radius 2 is 2.23 bits per heavy atom. The molecule has 2 saturated carbocycles. The van der Waals surface area contributed by atoms with Gasteiger partial charge in [0.1, 0.15) is 5.76 Å². The van der Waals surface area contributed by atoms with Gasteiger partial charge in [0.2, 0.25) is 5.89 Å². The normalized spacial score (nSPS) is 33.4. The first kappa shape index (κ1) is 14.7. The summed E-state index contributed by atoms with van der Waals surface area (Å²) < 4.78 is 17.4. The minimum absolute atomic E-state index is 0.376. The van der Waals surface area contributed by atoms with E-state index in [1.165, 1.54) is 32.1 Å². The second-order valence-electron chi connectivity index (χ2n) is 6.91. The fourth-order valence-electron chi connectivity index (χ4n) is 4.06. The lowest BCUT2D eigenvalue weighted by atomic mass is 9.94. The highest BCUT2D eigenvalue weighted by Gasteiger charge is 2.39. The summed E-state index contributed by atoms with van der Waals surface area (Å²) in [4.78, 5) is 6.99. The molecule has 1 aromatic heterocycles. The molecule has 4 rings (SSSR count). The summed E-state index contributed by atoms with van der Waals surface area (Å²) in [5.74, 6) is 3.15. The molecule has 1 aromatic rings. The molecule has 22 heavy (non-hydrogen) atoms. The largest absolute Gasteiger partial charge is 0.444 e. The topological polar surface area (TPSA) is 47.7 Å². The Morgan fingerprint density at radius 1 is 1.32 bits per heavy atom. The molecule has 0 radical (unpaired) electrons. The number of methoxy groups -OCH3 is 1. The van der Waals surface area contributed by atoms with E-state index >= 15 is 0 Å². The van der Waals surface area contributed by atoms with Gasteiger partial charge in [-0.25, -0.2) is 4.98 Å². The van der Waals surface area contributed by atoms with Crippen LogP contribution in [0.4, 0.5) is 0 Å². The van der Waals surface area contributed by atoms with Crippen molar-refractivity contribution in [3.63, 3.8) is 0 Å². The smallest absolute Gasteiger partial charge is 0.208 e. The van der Waals surface area contributed by atoms with Gasteiger partial charge in [0.05, 0.1) is 32.1 Å². The fourth-order valence-corrected chi connectivity index (χ4v) is 4.06. The zero-order chi connectivity index (χ0) is 14.9. The molecule has 0 amide bonds. The Hall–Kier alpha value is -0.910. The van der Waals surface area contributed by atoms with Crippen LogP contribution >= 0.6 is 0 Å². The average Bonchev–Trinajstić information content (AvgIpc) is 3.11. The monoisotopic (exact) mass is 306 g/mol. The van der Waals surface area contributed by atoms with Crippen molar-refractivity contribution in [2.75, 3.05) is 26.9 Å². The van der Waals surface area contributed by atoms with E-state index in [0.717, 1.165) is 38.0 Å². The van der Waals surface area contributed by atoms with E-state index in [2.05, 4.69) is 9.88 Å². The molecule has 3 aliphatic rings. The third-order valence-corrected chi connectivity index (χ3v) is 5.47. The Kier molecular flexibility index (Phi) is 4.20. The molecule has 2 heterocycles. The number of oxazole rings is 1. The summed E-state index contributed by atoms with van der Waals surface area (Å²) >= 11 is 0. The van der Waals surface area contributed by atoms with E-state index in [1.54, 1.807) is 0 Å². The van der Waals surface area contributed by atoms with Crippen molar-refractivity contribution in [3.8, 4) is 0 Å². The van der Waals surface area contributed by atoms with Crippen molar-refractivity contribution in [3.05, 3.63) is 17.8 Å². The molecular weight excluding hydrogens is 280 g/mol. The number of morpholine rings is 1. The van der Waals surface area contributed by atoms with Crippen molar-refractivity contribution in [1.29, 1.82) is 0 Å². The molecular formula is C17H26N2O3. The molecule has 1 saturated heterocycles. The zero-order valence-corrected chi connectivity index (χ0v) is 13.4. The van der Waals surface area contributed by atoms with E-state index in [1.807, 2.05) is 13.3 Å². The second-order valence-corrected chi connectivity index (χ2v) is 6.91. The number of nitrogens with zero attached hydrogens (tertiary/aromatic N) is 2. The van der Waals surface area contributed by atoms with Crippen LogP contribution in [0, 0.1) is 5.92 Å². The van der Waals surface area contributed by atoms with Crippen molar-refractivity contribution >= 4 is 0 Å². The zero-order valence-electron chi connectivity index (χ0n) is 13.4. The maximum atomic E-state index is 5.95. The maximum Gasteiger partial charge on any atom is 0.208 e. The number of hydrogen-bond acceptors (Lipinski definition) is 5. The lowest BCUT2D eigenvalue weighted by Gasteiger charge is -2.40. The van der Waals surface area contributed by atoms with Crippen LogP contribution in [0.2, 0.25) is 0 Å². The molecule has 5 nitrogen and oxygen atoms in total. The Bertz CT molecular complexity index is 500. The van der Waals surface area contributed by atoms with Crippen LogP contribution < -0.4 is 0 Å². The standard InChI is InChI=1S/C17H26N2O3/c1-20-15-4-2-3-13(15)14-11-21-8-7-19(14)10-17-18-9-16(22-17)12-5-6-12/h9,12-15H,2-8,10-11H2,1H3/t13-,14-,15-/m1/s1. The first-order valence-electron chi connectivity index (χ1n) is 8.64. The molecule has 0 aromatic carbocycles. The lowest BCUT2D eigenvalue weighted by molar-refractivity contribution is -0.0632. The molecule has 0 unspecified atom stereocenters. The van der Waals surface area contributed by atoms with Crippen LogP contribution in [0.5, 0.6) is 0 Å². The van der Waals surface area contributed by atoms with Crippen LogP contribution in [0.3, 0.4) is 0 Å². The number of rotatable bonds is 5. The van der Waals surface area contributed by atoms with Gasteiger partial charge in [-0.1, -0.05) is 6.42 Å². The number of aromatic nitrogens is 1. The lowest BCUT2D eigenvalue weighted by Crippen LogP contribution is -2.50. The SMILES string of the molecule is CO[C@@H]1CCC[C@@H]1[C@H]1COCCN1Cc1ncc(C2CC2)o1. The minimum Gasteiger partial charge on any atom is -0.444 e. The molecule has 0 spiro atoms. The average molecular weight is 306 g/mol. The summed E-state index contributed by atoms with van der Waals surface area (Å²) in [6.07, 6.45) is 8.49. The first-order valence-corrected chi connectivity index (χ1v) is 8.64. The van der Waals surface area contributed by atoms with Crippen molar-refractivity contribution in [2.45, 2.75) is 56.7 Å². The molecule has 0 bridgehead atoms. The molecule has 2 aliphatic carbocycles. The first-order chi connectivity index (χ1) is 10.8. The maximum absolute atomic E-state index is 5.95. The number of hydrogen-bond donors (Lipinski definition) is 0. The van der Waals surface area contributed by atoms with E-state index in [9.17, 15) is 0 Å². The Balaban J connectivity index is 1.45. The van der Waals surface area contributed by atoms with Gasteiger partial charge in [0.15, 0.2) is 0 Å². The second kappa shape index (κ2) is 6.30. The molecule has 3 atom stereocenters. The summed E-state index contributed by atoms with van der Waals surface area (Å²) in [6, 6.07) is 0.428. The third-order valence-electron chi connectivity index (χ3n) is 5.47. The van der Waals surface area contributed by atoms with Gasteiger partial charge >= 0.3 is 0 Å². The van der Waals surface area contributed by atoms with Crippen molar-refractivity contribution in [2.24, 2.45) is 5.92 Å². The van der Waals surface area contributed by atoms with Crippen LogP contribution in [0.1, 0.15) is 49.7 Å². The molecule has 3 fully saturated rings. The Labute approximate surface area is 132 Å². The summed E-state index contributed by atoms with van der Waals surface area (Å²) in [5.41, 5.74) is 0. The van der Waals surface area contributed by atoms with Crippen LogP contribution in [0.15, 0.2) is 10.6 Å². The summed E-state index contributed by atoms with van der Waals surface area (Å²) in [7, 11) is 1.84. The molecule has 0 N–H and O–H groups in total. The van der Waals surface area contributed by atoms with Gasteiger partial charge < -0.3 is 13.9 Å². The minimum atomic E-state index is 0.376.